The van der Waals surface area contributed by atoms with E-state index in [-0.39, 0.29) is 16.7 Å². The minimum atomic E-state index is -0.313. The first-order valence-corrected chi connectivity index (χ1v) is 12.3. The number of piperidine rings is 1. The van der Waals surface area contributed by atoms with Gasteiger partial charge in [0.1, 0.15) is 17.8 Å². The molecule has 5 rings (SSSR count). The molecule has 2 aliphatic rings. The summed E-state index contributed by atoms with van der Waals surface area (Å²) in [6, 6.07) is 13.5. The van der Waals surface area contributed by atoms with Crippen LogP contribution in [0.5, 0.6) is 0 Å². The summed E-state index contributed by atoms with van der Waals surface area (Å²) in [5, 5.41) is 23.4. The molecule has 3 aromatic rings. The summed E-state index contributed by atoms with van der Waals surface area (Å²) >= 11 is 5.59. The molecule has 0 amide bonds. The lowest BCUT2D eigenvalue weighted by Crippen LogP contribution is -2.44. The van der Waals surface area contributed by atoms with E-state index >= 15 is 0 Å². The predicted octanol–water partition coefficient (Wildman–Crippen LogP) is 3.22. The molecule has 11 heteroatoms. The lowest BCUT2D eigenvalue weighted by atomic mass is 10.0. The van der Waals surface area contributed by atoms with Gasteiger partial charge in [0.25, 0.3) is 5.69 Å². The van der Waals surface area contributed by atoms with E-state index in [1.54, 1.807) is 6.07 Å². The van der Waals surface area contributed by atoms with Gasteiger partial charge in [0, 0.05) is 62.5 Å². The van der Waals surface area contributed by atoms with Crippen LogP contribution in [-0.2, 0) is 0 Å². The minimum Gasteiger partial charge on any atom is -0.367 e. The summed E-state index contributed by atoms with van der Waals surface area (Å²) < 4.78 is 0. The number of hydrogen-bond donors (Lipinski definition) is 3. The Kier molecular flexibility index (Phi) is 6.87. The van der Waals surface area contributed by atoms with E-state index in [1.807, 2.05) is 41.3 Å². The van der Waals surface area contributed by atoms with Crippen LogP contribution in [0, 0.1) is 10.1 Å². The number of para-hydroxylation sites is 1. The van der Waals surface area contributed by atoms with E-state index in [0.717, 1.165) is 62.9 Å². The number of hydrogen-bond acceptors (Lipinski definition) is 8. The number of piperazine rings is 1. The van der Waals surface area contributed by atoms with E-state index in [0.29, 0.717) is 22.4 Å². The Morgan fingerprint density at radius 3 is 2.54 bits per heavy atom. The topological polar surface area (TPSA) is 111 Å². The molecule has 3 heterocycles. The van der Waals surface area contributed by atoms with Crippen molar-refractivity contribution in [2.45, 2.75) is 18.9 Å². The standard InChI is InChI=1S/C24H28N8O2S/c33-32(34)22-14-19-20(15-21(22)30-12-8-25-9-13-30)26-16-27-23(19)28-18-6-10-31(11-7-18)24(35)29-17-4-2-1-3-5-17/h1-5,14-16,18,25H,6-13H2,(H,29,35)(H,26,27,28). The fourth-order valence-electron chi connectivity index (χ4n) is 4.65. The van der Waals surface area contributed by atoms with E-state index in [2.05, 4.69) is 30.8 Å². The predicted molar refractivity (Wildman–Crippen MR) is 142 cm³/mol. The molecule has 0 radical (unpaired) electrons. The molecule has 3 N–H and O–H groups in total. The third-order valence-electron chi connectivity index (χ3n) is 6.53. The molecule has 0 aliphatic carbocycles. The minimum absolute atomic E-state index is 0.0874. The van der Waals surface area contributed by atoms with Crippen LogP contribution in [0.25, 0.3) is 10.9 Å². The van der Waals surface area contributed by atoms with Crippen LogP contribution in [0.1, 0.15) is 12.8 Å². The fourth-order valence-corrected chi connectivity index (χ4v) is 4.95. The van der Waals surface area contributed by atoms with E-state index in [1.165, 1.54) is 6.33 Å². The normalized spacial score (nSPS) is 16.8. The van der Waals surface area contributed by atoms with Crippen LogP contribution in [0.4, 0.5) is 22.9 Å². The number of fused-ring (bicyclic) bond motifs is 1. The number of likely N-dealkylation sites (tertiary alicyclic amines) is 1. The molecule has 0 saturated carbocycles. The Bertz CT molecular complexity index is 1210. The maximum Gasteiger partial charge on any atom is 0.293 e. The summed E-state index contributed by atoms with van der Waals surface area (Å²) in [6.45, 7) is 4.67. The van der Waals surface area contributed by atoms with Gasteiger partial charge < -0.3 is 25.8 Å². The zero-order valence-electron chi connectivity index (χ0n) is 19.3. The third kappa shape index (κ3) is 5.25. The van der Waals surface area contributed by atoms with Gasteiger partial charge in [-0.15, -0.1) is 0 Å². The largest absolute Gasteiger partial charge is 0.367 e. The van der Waals surface area contributed by atoms with Crippen molar-refractivity contribution in [3.05, 3.63) is 58.9 Å². The van der Waals surface area contributed by atoms with Gasteiger partial charge >= 0.3 is 0 Å². The van der Waals surface area contributed by atoms with Gasteiger partial charge in [-0.05, 0) is 43.3 Å². The van der Waals surface area contributed by atoms with Crippen molar-refractivity contribution in [1.29, 1.82) is 0 Å². The maximum atomic E-state index is 11.9. The SMILES string of the molecule is O=[N+]([O-])c1cc2c(NC3CCN(C(=S)Nc4ccccc4)CC3)ncnc2cc1N1CCNCC1. The molecule has 182 valence electrons. The highest BCUT2D eigenvalue weighted by Crippen LogP contribution is 2.35. The Morgan fingerprint density at radius 2 is 1.83 bits per heavy atom. The van der Waals surface area contributed by atoms with Gasteiger partial charge in [0.2, 0.25) is 0 Å². The fraction of sp³-hybridized carbons (Fsp3) is 0.375. The smallest absolute Gasteiger partial charge is 0.293 e. The third-order valence-corrected chi connectivity index (χ3v) is 6.89. The van der Waals surface area contributed by atoms with Crippen molar-refractivity contribution in [1.82, 2.24) is 20.2 Å². The number of thiocarbonyl (C=S) groups is 1. The second kappa shape index (κ2) is 10.4. The highest BCUT2D eigenvalue weighted by atomic mass is 32.1. The average Bonchev–Trinajstić information content (AvgIpc) is 2.89. The number of nitrogens with one attached hydrogen (secondary N) is 3. The van der Waals surface area contributed by atoms with Crippen molar-refractivity contribution in [2.75, 3.05) is 54.8 Å². The van der Waals surface area contributed by atoms with Gasteiger partial charge in [-0.25, -0.2) is 9.97 Å². The molecule has 0 bridgehead atoms. The molecule has 2 saturated heterocycles. The van der Waals surface area contributed by atoms with Gasteiger partial charge in [-0.2, -0.15) is 0 Å². The van der Waals surface area contributed by atoms with E-state index in [4.69, 9.17) is 12.2 Å². The van der Waals surface area contributed by atoms with Crippen LogP contribution in [0.15, 0.2) is 48.8 Å². The van der Waals surface area contributed by atoms with Crippen molar-refractivity contribution in [2.24, 2.45) is 0 Å². The monoisotopic (exact) mass is 492 g/mol. The number of nitro benzene ring substituents is 1. The zero-order chi connectivity index (χ0) is 24.2. The Hall–Kier alpha value is -3.57. The van der Waals surface area contributed by atoms with Gasteiger partial charge in [0.05, 0.1) is 10.4 Å². The maximum absolute atomic E-state index is 11.9. The molecule has 2 aliphatic heterocycles. The number of nitrogens with zero attached hydrogens (tertiary/aromatic N) is 5. The molecule has 0 unspecified atom stereocenters. The number of anilines is 3. The molecule has 35 heavy (non-hydrogen) atoms. The molecule has 2 aromatic carbocycles. The highest BCUT2D eigenvalue weighted by molar-refractivity contribution is 7.80. The summed E-state index contributed by atoms with van der Waals surface area (Å²) in [4.78, 5) is 24.7. The first-order chi connectivity index (χ1) is 17.1. The summed E-state index contributed by atoms with van der Waals surface area (Å²) in [6.07, 6.45) is 3.28. The van der Waals surface area contributed by atoms with Crippen LogP contribution < -0.4 is 20.9 Å². The zero-order valence-corrected chi connectivity index (χ0v) is 20.1. The molecule has 10 nitrogen and oxygen atoms in total. The van der Waals surface area contributed by atoms with Crippen LogP contribution in [0.2, 0.25) is 0 Å². The van der Waals surface area contributed by atoms with Crippen LogP contribution >= 0.6 is 12.2 Å². The Labute approximate surface area is 208 Å². The molecular weight excluding hydrogens is 464 g/mol. The Morgan fingerprint density at radius 1 is 1.09 bits per heavy atom. The van der Waals surface area contributed by atoms with Crippen molar-refractivity contribution < 1.29 is 4.92 Å². The first kappa shape index (κ1) is 23.2. The number of benzene rings is 2. The van der Waals surface area contributed by atoms with E-state index < -0.39 is 0 Å². The average molecular weight is 493 g/mol. The second-order valence-electron chi connectivity index (χ2n) is 8.78. The summed E-state index contributed by atoms with van der Waals surface area (Å²) in [5.41, 5.74) is 2.38. The molecule has 2 fully saturated rings. The second-order valence-corrected chi connectivity index (χ2v) is 9.16. The van der Waals surface area contributed by atoms with Gasteiger partial charge in [0.15, 0.2) is 5.11 Å². The lowest BCUT2D eigenvalue weighted by Gasteiger charge is -2.34. The summed E-state index contributed by atoms with van der Waals surface area (Å²) in [5.74, 6) is 0.633. The number of rotatable bonds is 5. The van der Waals surface area contributed by atoms with Crippen LogP contribution in [0.3, 0.4) is 0 Å². The number of nitro groups is 1. The van der Waals surface area contributed by atoms with Gasteiger partial charge in [-0.1, -0.05) is 18.2 Å². The van der Waals surface area contributed by atoms with Crippen molar-refractivity contribution in [3.8, 4) is 0 Å². The molecular formula is C24H28N8O2S. The van der Waals surface area contributed by atoms with Gasteiger partial charge in [-0.3, -0.25) is 10.1 Å². The van der Waals surface area contributed by atoms with E-state index in [9.17, 15) is 10.1 Å². The quantitative estimate of drug-likeness (QED) is 0.279. The molecule has 0 spiro atoms. The summed E-state index contributed by atoms with van der Waals surface area (Å²) in [7, 11) is 0. The Balaban J connectivity index is 1.29. The van der Waals surface area contributed by atoms with Crippen molar-refractivity contribution >= 4 is 51.1 Å². The lowest BCUT2D eigenvalue weighted by molar-refractivity contribution is -0.384. The van der Waals surface area contributed by atoms with Crippen LogP contribution in [-0.4, -0.2) is 70.2 Å². The highest BCUT2D eigenvalue weighted by Gasteiger charge is 2.25. The van der Waals surface area contributed by atoms with Crippen molar-refractivity contribution in [3.63, 3.8) is 0 Å². The number of aromatic nitrogens is 2. The first-order valence-electron chi connectivity index (χ1n) is 11.8. The molecule has 1 aromatic heterocycles. The molecule has 0 atom stereocenters.